The summed E-state index contributed by atoms with van der Waals surface area (Å²) in [5, 5.41) is -0.0375. The second-order valence-electron chi connectivity index (χ2n) is 5.67. The fourth-order valence-electron chi connectivity index (χ4n) is 3.10. The molecule has 0 aromatic heterocycles. The van der Waals surface area contributed by atoms with E-state index in [2.05, 4.69) is 50.2 Å². The Hall–Kier alpha value is -1.27. The maximum Gasteiger partial charge on any atom is 0.0835 e. The van der Waals surface area contributed by atoms with Gasteiger partial charge in [0.25, 0.3) is 0 Å². The summed E-state index contributed by atoms with van der Waals surface area (Å²) >= 11 is 6.68. The minimum absolute atomic E-state index is 0.0375. The molecule has 98 valence electrons. The van der Waals surface area contributed by atoms with E-state index >= 15 is 0 Å². The lowest BCUT2D eigenvalue weighted by molar-refractivity contribution is 0.911. The van der Waals surface area contributed by atoms with Crippen LogP contribution in [-0.4, -0.2) is 0 Å². The number of rotatable bonds is 2. The van der Waals surface area contributed by atoms with Gasteiger partial charge in [0.1, 0.15) is 0 Å². The molecule has 2 aromatic rings. The van der Waals surface area contributed by atoms with E-state index in [1.54, 1.807) is 0 Å². The van der Waals surface area contributed by atoms with Crippen molar-refractivity contribution < 1.29 is 0 Å². The normalized spacial score (nSPS) is 15.3. The molecule has 0 radical (unpaired) electrons. The highest BCUT2D eigenvalue weighted by Gasteiger charge is 2.16. The average Bonchev–Trinajstić information content (AvgIpc) is 2.83. The van der Waals surface area contributed by atoms with Crippen molar-refractivity contribution in [2.45, 2.75) is 38.5 Å². The lowest BCUT2D eigenvalue weighted by Gasteiger charge is -2.14. The van der Waals surface area contributed by atoms with Gasteiger partial charge >= 0.3 is 0 Å². The molecule has 0 aliphatic heterocycles. The van der Waals surface area contributed by atoms with Gasteiger partial charge in [0.05, 0.1) is 5.38 Å². The predicted molar refractivity (Wildman–Crippen MR) is 82.1 cm³/mol. The highest BCUT2D eigenvalue weighted by Crippen LogP contribution is 2.33. The molecule has 1 aliphatic carbocycles. The van der Waals surface area contributed by atoms with E-state index in [0.29, 0.717) is 0 Å². The van der Waals surface area contributed by atoms with E-state index in [-0.39, 0.29) is 5.38 Å². The van der Waals surface area contributed by atoms with Gasteiger partial charge in [-0.2, -0.15) is 0 Å². The van der Waals surface area contributed by atoms with E-state index in [4.69, 9.17) is 11.6 Å². The highest BCUT2D eigenvalue weighted by molar-refractivity contribution is 6.22. The molecule has 0 saturated heterocycles. The number of hydrogen-bond donors (Lipinski definition) is 0. The second kappa shape index (κ2) is 5.02. The third-order valence-corrected chi connectivity index (χ3v) is 4.46. The molecular formula is C18H19Cl. The molecule has 2 aromatic carbocycles. The first-order chi connectivity index (χ1) is 9.13. The van der Waals surface area contributed by atoms with E-state index in [1.807, 2.05) is 0 Å². The zero-order valence-corrected chi connectivity index (χ0v) is 12.3. The summed E-state index contributed by atoms with van der Waals surface area (Å²) in [5.74, 6) is 0. The van der Waals surface area contributed by atoms with Gasteiger partial charge in [0.2, 0.25) is 0 Å². The SMILES string of the molecule is Cc1cc(C)cc(C(Cl)c2ccc3c(c2)CCC3)c1. The topological polar surface area (TPSA) is 0 Å². The summed E-state index contributed by atoms with van der Waals surface area (Å²) < 4.78 is 0. The van der Waals surface area contributed by atoms with Gasteiger partial charge in [-0.1, -0.05) is 47.5 Å². The van der Waals surface area contributed by atoms with Crippen LogP contribution in [0.2, 0.25) is 0 Å². The molecule has 0 saturated carbocycles. The zero-order chi connectivity index (χ0) is 13.4. The van der Waals surface area contributed by atoms with Crippen LogP contribution in [0.4, 0.5) is 0 Å². The summed E-state index contributed by atoms with van der Waals surface area (Å²) in [5.41, 5.74) is 7.99. The maximum atomic E-state index is 6.68. The molecule has 0 amide bonds. The first-order valence-corrected chi connectivity index (χ1v) is 7.41. The number of fused-ring (bicyclic) bond motifs is 1. The minimum atomic E-state index is -0.0375. The van der Waals surface area contributed by atoms with Crippen molar-refractivity contribution >= 4 is 11.6 Å². The number of alkyl halides is 1. The van der Waals surface area contributed by atoms with Crippen LogP contribution in [0.3, 0.4) is 0 Å². The minimum Gasteiger partial charge on any atom is -0.113 e. The number of benzene rings is 2. The average molecular weight is 271 g/mol. The van der Waals surface area contributed by atoms with Crippen molar-refractivity contribution in [2.75, 3.05) is 0 Å². The van der Waals surface area contributed by atoms with Crippen LogP contribution in [0.1, 0.15) is 45.2 Å². The fraction of sp³-hybridized carbons (Fsp3) is 0.333. The van der Waals surface area contributed by atoms with Gasteiger partial charge in [-0.05, 0) is 55.4 Å². The maximum absolute atomic E-state index is 6.68. The highest BCUT2D eigenvalue weighted by atomic mass is 35.5. The first-order valence-electron chi connectivity index (χ1n) is 6.97. The van der Waals surface area contributed by atoms with Crippen LogP contribution in [0.15, 0.2) is 36.4 Å². The molecular weight excluding hydrogens is 252 g/mol. The van der Waals surface area contributed by atoms with E-state index in [9.17, 15) is 0 Å². The molecule has 19 heavy (non-hydrogen) atoms. The zero-order valence-electron chi connectivity index (χ0n) is 11.5. The van der Waals surface area contributed by atoms with Crippen molar-refractivity contribution in [3.8, 4) is 0 Å². The van der Waals surface area contributed by atoms with Crippen LogP contribution >= 0.6 is 11.6 Å². The molecule has 0 N–H and O–H groups in total. The molecule has 0 spiro atoms. The molecule has 1 unspecified atom stereocenters. The van der Waals surface area contributed by atoms with Crippen molar-refractivity contribution in [3.05, 3.63) is 69.8 Å². The van der Waals surface area contributed by atoms with Gasteiger partial charge in [0.15, 0.2) is 0 Å². The van der Waals surface area contributed by atoms with Gasteiger partial charge < -0.3 is 0 Å². The van der Waals surface area contributed by atoms with Crippen LogP contribution in [-0.2, 0) is 12.8 Å². The fourth-order valence-corrected chi connectivity index (χ4v) is 3.36. The summed E-state index contributed by atoms with van der Waals surface area (Å²) in [6.45, 7) is 4.26. The van der Waals surface area contributed by atoms with E-state index in [1.165, 1.54) is 52.6 Å². The quantitative estimate of drug-likeness (QED) is 0.665. The first kappa shape index (κ1) is 12.7. The van der Waals surface area contributed by atoms with Crippen LogP contribution in [0, 0.1) is 13.8 Å². The summed E-state index contributed by atoms with van der Waals surface area (Å²) in [7, 11) is 0. The molecule has 0 heterocycles. The standard InChI is InChI=1S/C18H19Cl/c1-12-8-13(2)10-17(9-12)18(19)16-7-6-14-4-3-5-15(14)11-16/h6-11,18H,3-5H2,1-2H3. The largest absolute Gasteiger partial charge is 0.113 e. The lowest BCUT2D eigenvalue weighted by atomic mass is 9.98. The summed E-state index contributed by atoms with van der Waals surface area (Å²) in [6.07, 6.45) is 3.72. The van der Waals surface area contributed by atoms with E-state index in [0.717, 1.165) is 0 Å². The summed E-state index contributed by atoms with van der Waals surface area (Å²) in [6, 6.07) is 13.3. The molecule has 3 rings (SSSR count). The number of aryl methyl sites for hydroxylation is 4. The monoisotopic (exact) mass is 270 g/mol. The predicted octanol–water partition coefficient (Wildman–Crippen LogP) is 5.12. The van der Waals surface area contributed by atoms with Crippen molar-refractivity contribution in [1.29, 1.82) is 0 Å². The third kappa shape index (κ3) is 2.55. The molecule has 0 fully saturated rings. The lowest BCUT2D eigenvalue weighted by Crippen LogP contribution is -1.96. The van der Waals surface area contributed by atoms with Crippen molar-refractivity contribution in [3.63, 3.8) is 0 Å². The Kier molecular flexibility index (Phi) is 3.36. The van der Waals surface area contributed by atoms with E-state index < -0.39 is 0 Å². The summed E-state index contributed by atoms with van der Waals surface area (Å²) in [4.78, 5) is 0. The second-order valence-corrected chi connectivity index (χ2v) is 6.10. The Bertz CT molecular complexity index is 593. The number of hydrogen-bond acceptors (Lipinski definition) is 0. The van der Waals surface area contributed by atoms with Gasteiger partial charge in [0, 0.05) is 0 Å². The Morgan fingerprint density at radius 1 is 0.842 bits per heavy atom. The molecule has 1 aliphatic rings. The Morgan fingerprint density at radius 3 is 2.26 bits per heavy atom. The Balaban J connectivity index is 1.97. The van der Waals surface area contributed by atoms with Crippen molar-refractivity contribution in [2.24, 2.45) is 0 Å². The Labute approximate surface area is 120 Å². The van der Waals surface area contributed by atoms with Crippen LogP contribution in [0.5, 0.6) is 0 Å². The Morgan fingerprint density at radius 2 is 1.53 bits per heavy atom. The molecule has 1 heteroatoms. The molecule has 0 nitrogen and oxygen atoms in total. The smallest absolute Gasteiger partial charge is 0.0835 e. The van der Waals surface area contributed by atoms with Gasteiger partial charge in [-0.3, -0.25) is 0 Å². The van der Waals surface area contributed by atoms with Crippen LogP contribution < -0.4 is 0 Å². The number of halogens is 1. The van der Waals surface area contributed by atoms with Crippen molar-refractivity contribution in [1.82, 2.24) is 0 Å². The van der Waals surface area contributed by atoms with Gasteiger partial charge in [-0.25, -0.2) is 0 Å². The van der Waals surface area contributed by atoms with Gasteiger partial charge in [-0.15, -0.1) is 11.6 Å². The molecule has 1 atom stereocenters. The third-order valence-electron chi connectivity index (χ3n) is 3.95. The molecule has 0 bridgehead atoms. The van der Waals surface area contributed by atoms with Crippen LogP contribution in [0.25, 0.3) is 0 Å².